The molecule has 0 fully saturated rings. The van der Waals surface area contributed by atoms with Crippen molar-refractivity contribution in [3.05, 3.63) is 12.7 Å². The van der Waals surface area contributed by atoms with E-state index in [1.165, 1.54) is 0 Å². The van der Waals surface area contributed by atoms with Crippen LogP contribution in [0.4, 0.5) is 0 Å². The second kappa shape index (κ2) is 5.71. The Labute approximate surface area is 69.8 Å². The highest BCUT2D eigenvalue weighted by Gasteiger charge is 2.10. The van der Waals surface area contributed by atoms with Gasteiger partial charge in [0.2, 0.25) is 0 Å². The fourth-order valence-electron chi connectivity index (χ4n) is 0.306. The lowest BCUT2D eigenvalue weighted by Crippen LogP contribution is -2.15. The summed E-state index contributed by atoms with van der Waals surface area (Å²) in [7, 11) is 0. The highest BCUT2D eigenvalue weighted by molar-refractivity contribution is 6.53. The fraction of sp³-hybridized carbons (Fsp3) is 0.500. The van der Waals surface area contributed by atoms with Gasteiger partial charge in [0.15, 0.2) is 10.6 Å². The second-order valence-corrected chi connectivity index (χ2v) is 2.67. The predicted octanol–water partition coefficient (Wildman–Crippen LogP) is 1.56. The van der Waals surface area contributed by atoms with Crippen molar-refractivity contribution in [1.82, 2.24) is 0 Å². The number of Topliss-reactive ketones (excluding diaryl/α,β-unsaturated/α-hetero) is 1. The van der Waals surface area contributed by atoms with Gasteiger partial charge in [0.25, 0.3) is 0 Å². The second-order valence-electron chi connectivity index (χ2n) is 1.57. The van der Waals surface area contributed by atoms with Gasteiger partial charge >= 0.3 is 0 Å². The molecule has 0 aliphatic carbocycles. The largest absolute Gasteiger partial charge is 0.370 e. The predicted molar refractivity (Wildman–Crippen MR) is 41.5 cm³/mol. The Balaban J connectivity index is 3.30. The van der Waals surface area contributed by atoms with Crippen molar-refractivity contribution < 1.29 is 9.53 Å². The molecule has 2 nitrogen and oxygen atoms in total. The summed E-state index contributed by atoms with van der Waals surface area (Å²) in [5, 5.41) is 0. The molecule has 0 saturated carbocycles. The van der Waals surface area contributed by atoms with Crippen LogP contribution in [0.5, 0.6) is 0 Å². The standard InChI is InChI=1S/C6H8Cl2O2/c1-2-3-10-4-5(9)6(7)8/h2,6H,1,3-4H2. The van der Waals surface area contributed by atoms with E-state index in [1.807, 2.05) is 0 Å². The summed E-state index contributed by atoms with van der Waals surface area (Å²) < 4.78 is 4.77. The molecule has 58 valence electrons. The molecule has 0 bridgehead atoms. The molecule has 0 amide bonds. The lowest BCUT2D eigenvalue weighted by molar-refractivity contribution is -0.121. The van der Waals surface area contributed by atoms with Crippen LogP contribution in [0.3, 0.4) is 0 Å². The van der Waals surface area contributed by atoms with Crippen molar-refractivity contribution in [2.75, 3.05) is 13.2 Å². The van der Waals surface area contributed by atoms with Crippen LogP contribution in [0.1, 0.15) is 0 Å². The zero-order valence-electron chi connectivity index (χ0n) is 5.35. The molecule has 0 aromatic rings. The molecule has 0 spiro atoms. The summed E-state index contributed by atoms with van der Waals surface area (Å²) in [5.41, 5.74) is 0. The van der Waals surface area contributed by atoms with Crippen molar-refractivity contribution in [1.29, 1.82) is 0 Å². The average molecular weight is 183 g/mol. The van der Waals surface area contributed by atoms with Gasteiger partial charge in [-0.15, -0.1) is 6.58 Å². The normalized spacial score (nSPS) is 9.90. The molecule has 0 aromatic carbocycles. The van der Waals surface area contributed by atoms with Crippen LogP contribution in [0.25, 0.3) is 0 Å². The van der Waals surface area contributed by atoms with Crippen LogP contribution in [0, 0.1) is 0 Å². The number of rotatable bonds is 5. The number of hydrogen-bond acceptors (Lipinski definition) is 2. The Morgan fingerprint density at radius 1 is 1.70 bits per heavy atom. The quantitative estimate of drug-likeness (QED) is 0.367. The van der Waals surface area contributed by atoms with Gasteiger partial charge in [-0.05, 0) is 0 Å². The van der Waals surface area contributed by atoms with Gasteiger partial charge < -0.3 is 4.74 Å². The van der Waals surface area contributed by atoms with Crippen molar-refractivity contribution in [2.45, 2.75) is 4.84 Å². The van der Waals surface area contributed by atoms with Gasteiger partial charge in [-0.3, -0.25) is 4.79 Å². The first kappa shape index (κ1) is 9.95. The Morgan fingerprint density at radius 2 is 2.30 bits per heavy atom. The molecule has 0 N–H and O–H groups in total. The van der Waals surface area contributed by atoms with E-state index >= 15 is 0 Å². The Morgan fingerprint density at radius 3 is 2.70 bits per heavy atom. The Bertz CT molecular complexity index is 123. The average Bonchev–Trinajstić information content (AvgIpc) is 1.88. The third-order valence-electron chi connectivity index (χ3n) is 0.723. The first-order chi connectivity index (χ1) is 4.68. The van der Waals surface area contributed by atoms with Crippen LogP contribution in [-0.4, -0.2) is 23.8 Å². The van der Waals surface area contributed by atoms with E-state index in [2.05, 4.69) is 6.58 Å². The molecule has 0 aliphatic rings. The molecule has 0 aliphatic heterocycles. The third kappa shape index (κ3) is 4.79. The molecule has 0 saturated heterocycles. The van der Waals surface area contributed by atoms with E-state index in [1.54, 1.807) is 6.08 Å². The molecule has 10 heavy (non-hydrogen) atoms. The minimum absolute atomic E-state index is 0.0519. The van der Waals surface area contributed by atoms with Crippen LogP contribution >= 0.6 is 23.2 Å². The van der Waals surface area contributed by atoms with Crippen molar-refractivity contribution in [2.24, 2.45) is 0 Å². The number of alkyl halides is 2. The van der Waals surface area contributed by atoms with Gasteiger partial charge in [-0.2, -0.15) is 0 Å². The maximum absolute atomic E-state index is 10.6. The molecule has 0 aromatic heterocycles. The number of ketones is 1. The van der Waals surface area contributed by atoms with Crippen LogP contribution in [-0.2, 0) is 9.53 Å². The summed E-state index contributed by atoms with van der Waals surface area (Å²) in [6, 6.07) is 0. The van der Waals surface area contributed by atoms with Gasteiger partial charge in [0.05, 0.1) is 6.61 Å². The molecule has 0 atom stereocenters. The number of halogens is 2. The van der Waals surface area contributed by atoms with Crippen molar-refractivity contribution in [3.63, 3.8) is 0 Å². The molecule has 0 rings (SSSR count). The van der Waals surface area contributed by atoms with E-state index in [0.29, 0.717) is 6.61 Å². The van der Waals surface area contributed by atoms with Gasteiger partial charge in [-0.1, -0.05) is 29.3 Å². The smallest absolute Gasteiger partial charge is 0.191 e. The Hall–Kier alpha value is -0.0500. The molecular formula is C6H8Cl2O2. The van der Waals surface area contributed by atoms with Crippen LogP contribution < -0.4 is 0 Å². The minimum Gasteiger partial charge on any atom is -0.370 e. The number of carbonyl (C=O) groups excluding carboxylic acids is 1. The summed E-state index contributed by atoms with van der Waals surface area (Å²) in [4.78, 5) is 9.61. The highest BCUT2D eigenvalue weighted by atomic mass is 35.5. The van der Waals surface area contributed by atoms with E-state index in [-0.39, 0.29) is 12.4 Å². The topological polar surface area (TPSA) is 26.3 Å². The maximum Gasteiger partial charge on any atom is 0.191 e. The summed E-state index contributed by atoms with van der Waals surface area (Å²) in [6.45, 7) is 3.69. The zero-order chi connectivity index (χ0) is 7.98. The van der Waals surface area contributed by atoms with E-state index in [9.17, 15) is 4.79 Å². The molecule has 4 heteroatoms. The van der Waals surface area contributed by atoms with Gasteiger partial charge in [-0.25, -0.2) is 0 Å². The summed E-state index contributed by atoms with van der Waals surface area (Å²) >= 11 is 10.4. The van der Waals surface area contributed by atoms with Crippen molar-refractivity contribution >= 4 is 29.0 Å². The first-order valence-electron chi connectivity index (χ1n) is 2.68. The van der Waals surface area contributed by atoms with Crippen LogP contribution in [0.2, 0.25) is 0 Å². The van der Waals surface area contributed by atoms with E-state index in [4.69, 9.17) is 27.9 Å². The summed E-state index contributed by atoms with van der Waals surface area (Å²) in [6.07, 6.45) is 1.55. The van der Waals surface area contributed by atoms with E-state index in [0.717, 1.165) is 0 Å². The molecular weight excluding hydrogens is 175 g/mol. The SMILES string of the molecule is C=CCOCC(=O)C(Cl)Cl. The van der Waals surface area contributed by atoms with Crippen LogP contribution in [0.15, 0.2) is 12.7 Å². The lowest BCUT2D eigenvalue weighted by atomic mass is 10.5. The number of carbonyl (C=O) groups is 1. The first-order valence-corrected chi connectivity index (χ1v) is 3.55. The monoisotopic (exact) mass is 182 g/mol. The summed E-state index contributed by atoms with van der Waals surface area (Å²) in [5.74, 6) is -0.329. The number of hydrogen-bond donors (Lipinski definition) is 0. The molecule has 0 unspecified atom stereocenters. The minimum atomic E-state index is -0.982. The third-order valence-corrected chi connectivity index (χ3v) is 1.21. The number of ether oxygens (including phenoxy) is 1. The van der Waals surface area contributed by atoms with E-state index < -0.39 is 4.84 Å². The van der Waals surface area contributed by atoms with Crippen molar-refractivity contribution in [3.8, 4) is 0 Å². The zero-order valence-corrected chi connectivity index (χ0v) is 6.86. The maximum atomic E-state index is 10.6. The van der Waals surface area contributed by atoms with Gasteiger partial charge in [0, 0.05) is 0 Å². The lowest BCUT2D eigenvalue weighted by Gasteiger charge is -1.99. The van der Waals surface area contributed by atoms with Gasteiger partial charge in [0.1, 0.15) is 6.61 Å². The fourth-order valence-corrected chi connectivity index (χ4v) is 0.432. The Kier molecular flexibility index (Phi) is 5.69. The molecule has 0 heterocycles. The highest BCUT2D eigenvalue weighted by Crippen LogP contribution is 2.02. The molecule has 0 radical (unpaired) electrons.